The first kappa shape index (κ1) is 15.5. The van der Waals surface area contributed by atoms with Crippen molar-refractivity contribution in [2.45, 2.75) is 6.92 Å². The van der Waals surface area contributed by atoms with E-state index in [1.807, 2.05) is 0 Å². The average Bonchev–Trinajstić information content (AvgIpc) is 2.90. The molecule has 118 valence electrons. The zero-order chi connectivity index (χ0) is 16.4. The first-order valence-electron chi connectivity index (χ1n) is 6.48. The molecule has 1 N–H and O–H groups in total. The minimum Gasteiger partial charge on any atom is -0.467 e. The van der Waals surface area contributed by atoms with Gasteiger partial charge in [0.25, 0.3) is 5.91 Å². The number of hydrogen-bond acceptors (Lipinski definition) is 6. The zero-order valence-corrected chi connectivity index (χ0v) is 13.4. The first-order chi connectivity index (χ1) is 11.0. The van der Waals surface area contributed by atoms with E-state index in [1.54, 1.807) is 25.1 Å². The van der Waals surface area contributed by atoms with Gasteiger partial charge in [-0.1, -0.05) is 28.4 Å². The molecule has 0 aliphatic rings. The highest BCUT2D eigenvalue weighted by Crippen LogP contribution is 2.30. The van der Waals surface area contributed by atoms with Gasteiger partial charge in [0.15, 0.2) is 12.4 Å². The lowest BCUT2D eigenvalue weighted by molar-refractivity contribution is -0.118. The number of nitrogens with one attached hydrogen (secondary N) is 1. The summed E-state index contributed by atoms with van der Waals surface area (Å²) in [5.74, 6) is 0.714. The Kier molecular flexibility index (Phi) is 4.31. The van der Waals surface area contributed by atoms with Crippen LogP contribution in [0.3, 0.4) is 0 Å². The molecule has 1 amide bonds. The smallest absolute Gasteiger partial charge is 0.263 e. The molecule has 0 saturated carbocycles. The number of ether oxygens (including phenoxy) is 1. The molecule has 0 atom stereocenters. The number of nitrogens with zero attached hydrogens (tertiary/aromatic N) is 3. The van der Waals surface area contributed by atoms with Crippen LogP contribution in [0.5, 0.6) is 5.88 Å². The molecule has 0 unspecified atom stereocenters. The van der Waals surface area contributed by atoms with Crippen molar-refractivity contribution in [3.63, 3.8) is 0 Å². The van der Waals surface area contributed by atoms with Crippen LogP contribution in [-0.4, -0.2) is 27.6 Å². The number of benzene rings is 1. The summed E-state index contributed by atoms with van der Waals surface area (Å²) in [7, 11) is 0. The van der Waals surface area contributed by atoms with Crippen LogP contribution in [0.15, 0.2) is 29.0 Å². The van der Waals surface area contributed by atoms with Crippen molar-refractivity contribution in [2.24, 2.45) is 0 Å². The number of carbonyl (C=O) groups excluding carboxylic acids is 1. The summed E-state index contributed by atoms with van der Waals surface area (Å²) in [5.41, 5.74) is 0.494. The van der Waals surface area contributed by atoms with Crippen LogP contribution in [0.2, 0.25) is 10.0 Å². The van der Waals surface area contributed by atoms with Crippen molar-refractivity contribution >= 4 is 45.8 Å². The Balaban J connectivity index is 1.75. The number of halogens is 2. The van der Waals surface area contributed by atoms with Crippen LogP contribution in [-0.2, 0) is 4.79 Å². The lowest BCUT2D eigenvalue weighted by atomic mass is 10.2. The summed E-state index contributed by atoms with van der Waals surface area (Å²) >= 11 is 12.1. The molecule has 0 bridgehead atoms. The molecular formula is C14H10Cl2N4O3. The topological polar surface area (TPSA) is 90.1 Å². The molecule has 0 fully saturated rings. The quantitative estimate of drug-likeness (QED) is 0.774. The standard InChI is InChI=1S/C14H10Cl2N4O3/c1-7-2-11(20-23-7)19-12(21)5-22-14-9-3-8(15)4-10(16)13(9)17-6-18-14/h2-4,6H,5H2,1H3,(H,19,20,21). The van der Waals surface area contributed by atoms with Crippen LogP contribution < -0.4 is 10.1 Å². The fourth-order valence-corrected chi connectivity index (χ4v) is 2.46. The van der Waals surface area contributed by atoms with Crippen LogP contribution in [0.1, 0.15) is 5.76 Å². The summed E-state index contributed by atoms with van der Waals surface area (Å²) in [6, 6.07) is 4.79. The van der Waals surface area contributed by atoms with Gasteiger partial charge in [0.1, 0.15) is 12.1 Å². The van der Waals surface area contributed by atoms with Crippen molar-refractivity contribution < 1.29 is 14.1 Å². The second-order valence-electron chi connectivity index (χ2n) is 4.62. The van der Waals surface area contributed by atoms with Crippen molar-refractivity contribution in [1.29, 1.82) is 0 Å². The number of hydrogen-bond donors (Lipinski definition) is 1. The van der Waals surface area contributed by atoms with Crippen LogP contribution in [0.4, 0.5) is 5.82 Å². The van der Waals surface area contributed by atoms with Crippen molar-refractivity contribution in [1.82, 2.24) is 15.1 Å². The Bertz CT molecular complexity index is 882. The number of rotatable bonds is 4. The van der Waals surface area contributed by atoms with Gasteiger partial charge in [0, 0.05) is 11.1 Å². The third kappa shape index (κ3) is 3.52. The molecule has 1 aromatic carbocycles. The molecule has 0 spiro atoms. The summed E-state index contributed by atoms with van der Waals surface area (Å²) in [6.45, 7) is 1.46. The van der Waals surface area contributed by atoms with E-state index in [0.717, 1.165) is 0 Å². The molecule has 3 aromatic rings. The van der Waals surface area contributed by atoms with Crippen molar-refractivity contribution in [3.8, 4) is 5.88 Å². The Hall–Kier alpha value is -2.38. The molecule has 23 heavy (non-hydrogen) atoms. The van der Waals surface area contributed by atoms with E-state index in [1.165, 1.54) is 6.33 Å². The summed E-state index contributed by atoms with van der Waals surface area (Å²) in [4.78, 5) is 19.9. The Morgan fingerprint density at radius 3 is 2.87 bits per heavy atom. The number of aromatic nitrogens is 3. The molecule has 0 radical (unpaired) electrons. The maximum absolute atomic E-state index is 11.9. The molecule has 3 rings (SSSR count). The highest BCUT2D eigenvalue weighted by atomic mass is 35.5. The van der Waals surface area contributed by atoms with Gasteiger partial charge < -0.3 is 14.6 Å². The Morgan fingerprint density at radius 1 is 1.30 bits per heavy atom. The summed E-state index contributed by atoms with van der Waals surface area (Å²) in [5, 5.41) is 7.52. The number of anilines is 1. The van der Waals surface area contributed by atoms with Crippen molar-refractivity contribution in [3.05, 3.63) is 40.3 Å². The Morgan fingerprint density at radius 2 is 2.13 bits per heavy atom. The highest BCUT2D eigenvalue weighted by molar-refractivity contribution is 6.38. The molecule has 0 saturated heterocycles. The number of carbonyl (C=O) groups is 1. The number of fused-ring (bicyclic) bond motifs is 1. The molecule has 2 heterocycles. The maximum Gasteiger partial charge on any atom is 0.263 e. The van der Waals surface area contributed by atoms with Gasteiger partial charge in [0.05, 0.1) is 15.9 Å². The van der Waals surface area contributed by atoms with E-state index in [9.17, 15) is 4.79 Å². The fourth-order valence-electron chi connectivity index (χ4n) is 1.92. The summed E-state index contributed by atoms with van der Waals surface area (Å²) < 4.78 is 10.3. The number of aryl methyl sites for hydroxylation is 1. The zero-order valence-electron chi connectivity index (χ0n) is 11.8. The monoisotopic (exact) mass is 352 g/mol. The van der Waals surface area contributed by atoms with E-state index < -0.39 is 5.91 Å². The summed E-state index contributed by atoms with van der Waals surface area (Å²) in [6.07, 6.45) is 1.30. The van der Waals surface area contributed by atoms with Gasteiger partial charge in [-0.25, -0.2) is 9.97 Å². The molecule has 7 nitrogen and oxygen atoms in total. The lowest BCUT2D eigenvalue weighted by Crippen LogP contribution is -2.20. The maximum atomic E-state index is 11.9. The molecular weight excluding hydrogens is 343 g/mol. The molecule has 9 heteroatoms. The van der Waals surface area contributed by atoms with Crippen LogP contribution >= 0.6 is 23.2 Å². The van der Waals surface area contributed by atoms with Crippen molar-refractivity contribution in [2.75, 3.05) is 11.9 Å². The second kappa shape index (κ2) is 6.39. The van der Waals surface area contributed by atoms with Gasteiger partial charge in [-0.05, 0) is 19.1 Å². The van der Waals surface area contributed by atoms with E-state index >= 15 is 0 Å². The average molecular weight is 353 g/mol. The largest absolute Gasteiger partial charge is 0.467 e. The van der Waals surface area contributed by atoms with Gasteiger partial charge in [-0.15, -0.1) is 0 Å². The Labute approximate surface area is 140 Å². The van der Waals surface area contributed by atoms with Gasteiger partial charge in [-0.2, -0.15) is 0 Å². The number of amides is 1. The molecule has 0 aliphatic carbocycles. The predicted octanol–water partition coefficient (Wildman–Crippen LogP) is 3.25. The fraction of sp³-hybridized carbons (Fsp3) is 0.143. The van der Waals surface area contributed by atoms with Crippen LogP contribution in [0.25, 0.3) is 10.9 Å². The second-order valence-corrected chi connectivity index (χ2v) is 5.47. The van der Waals surface area contributed by atoms with E-state index in [4.69, 9.17) is 32.5 Å². The highest BCUT2D eigenvalue weighted by Gasteiger charge is 2.12. The van der Waals surface area contributed by atoms with E-state index in [2.05, 4.69) is 20.4 Å². The van der Waals surface area contributed by atoms with Gasteiger partial charge in [0.2, 0.25) is 5.88 Å². The predicted molar refractivity (Wildman–Crippen MR) is 84.9 cm³/mol. The minimum absolute atomic E-state index is 0.214. The van der Waals surface area contributed by atoms with E-state index in [0.29, 0.717) is 32.5 Å². The minimum atomic E-state index is -0.404. The van der Waals surface area contributed by atoms with Gasteiger partial charge >= 0.3 is 0 Å². The van der Waals surface area contributed by atoms with E-state index in [-0.39, 0.29) is 12.5 Å². The lowest BCUT2D eigenvalue weighted by Gasteiger charge is -2.08. The molecule has 2 aromatic heterocycles. The first-order valence-corrected chi connectivity index (χ1v) is 7.24. The third-order valence-corrected chi connectivity index (χ3v) is 3.36. The molecule has 0 aliphatic heterocycles. The SMILES string of the molecule is Cc1cc(NC(=O)COc2ncnc3c(Cl)cc(Cl)cc23)no1. The van der Waals surface area contributed by atoms with Gasteiger partial charge in [-0.3, -0.25) is 4.79 Å². The van der Waals surface area contributed by atoms with Crippen LogP contribution in [0, 0.1) is 6.92 Å². The third-order valence-electron chi connectivity index (χ3n) is 2.86. The normalized spacial score (nSPS) is 10.7.